The standard InChI is InChI=1S/C14H24F2N2O/c1-2-14(19)18-8-11(5-10-3-4-10)6-12(9-18)17-7-13(15)16/h10-13,17H,2-9H2,1H3. The number of halogens is 2. The number of likely N-dealkylation sites (tertiary alicyclic amines) is 1. The third-order valence-corrected chi connectivity index (χ3v) is 4.12. The third kappa shape index (κ3) is 4.71. The Labute approximate surface area is 113 Å². The summed E-state index contributed by atoms with van der Waals surface area (Å²) >= 11 is 0. The molecule has 1 aliphatic carbocycles. The van der Waals surface area contributed by atoms with Crippen LogP contribution < -0.4 is 5.32 Å². The zero-order chi connectivity index (χ0) is 13.8. The molecule has 2 rings (SSSR count). The number of carbonyl (C=O) groups excluding carboxylic acids is 1. The Morgan fingerprint density at radius 3 is 2.63 bits per heavy atom. The fourth-order valence-corrected chi connectivity index (χ4v) is 3.03. The van der Waals surface area contributed by atoms with Crippen LogP contribution in [0.5, 0.6) is 0 Å². The van der Waals surface area contributed by atoms with Gasteiger partial charge >= 0.3 is 0 Å². The fourth-order valence-electron chi connectivity index (χ4n) is 3.03. The molecule has 0 spiro atoms. The van der Waals surface area contributed by atoms with Crippen LogP contribution in [-0.4, -0.2) is 42.9 Å². The monoisotopic (exact) mass is 274 g/mol. The van der Waals surface area contributed by atoms with Crippen LogP contribution in [0.1, 0.15) is 39.0 Å². The van der Waals surface area contributed by atoms with Crippen LogP contribution in [0.15, 0.2) is 0 Å². The highest BCUT2D eigenvalue weighted by Crippen LogP contribution is 2.37. The number of hydrogen-bond donors (Lipinski definition) is 1. The molecule has 1 heterocycles. The van der Waals surface area contributed by atoms with Gasteiger partial charge in [0, 0.05) is 25.6 Å². The van der Waals surface area contributed by atoms with E-state index < -0.39 is 6.43 Å². The van der Waals surface area contributed by atoms with Crippen LogP contribution >= 0.6 is 0 Å². The van der Waals surface area contributed by atoms with Gasteiger partial charge in [0.05, 0.1) is 6.54 Å². The van der Waals surface area contributed by atoms with Crippen molar-refractivity contribution in [1.82, 2.24) is 10.2 Å². The quantitative estimate of drug-likeness (QED) is 0.806. The van der Waals surface area contributed by atoms with Crippen molar-refractivity contribution in [3.05, 3.63) is 0 Å². The van der Waals surface area contributed by atoms with Gasteiger partial charge in [-0.3, -0.25) is 4.79 Å². The Kier molecular flexibility index (Phi) is 5.13. The number of carbonyl (C=O) groups is 1. The fraction of sp³-hybridized carbons (Fsp3) is 0.929. The van der Waals surface area contributed by atoms with Crippen molar-refractivity contribution < 1.29 is 13.6 Å². The molecule has 1 N–H and O–H groups in total. The van der Waals surface area contributed by atoms with E-state index in [1.165, 1.54) is 12.8 Å². The maximum Gasteiger partial charge on any atom is 0.250 e. The van der Waals surface area contributed by atoms with Gasteiger partial charge in [-0.2, -0.15) is 0 Å². The average molecular weight is 274 g/mol. The molecule has 0 aromatic heterocycles. The van der Waals surface area contributed by atoms with Crippen molar-refractivity contribution in [2.45, 2.75) is 51.5 Å². The molecular formula is C14H24F2N2O. The topological polar surface area (TPSA) is 32.3 Å². The lowest BCUT2D eigenvalue weighted by Crippen LogP contribution is -2.52. The number of alkyl halides is 2. The number of hydrogen-bond acceptors (Lipinski definition) is 2. The summed E-state index contributed by atoms with van der Waals surface area (Å²) < 4.78 is 24.6. The maximum absolute atomic E-state index is 12.3. The van der Waals surface area contributed by atoms with E-state index in [1.807, 2.05) is 11.8 Å². The molecule has 1 amide bonds. The Bertz CT molecular complexity index is 308. The van der Waals surface area contributed by atoms with E-state index in [9.17, 15) is 13.6 Å². The lowest BCUT2D eigenvalue weighted by atomic mass is 9.89. The summed E-state index contributed by atoms with van der Waals surface area (Å²) in [6, 6.07) is 0.0296. The van der Waals surface area contributed by atoms with Crippen LogP contribution in [0.2, 0.25) is 0 Å². The Balaban J connectivity index is 1.88. The smallest absolute Gasteiger partial charge is 0.250 e. The second-order valence-corrected chi connectivity index (χ2v) is 5.93. The molecule has 19 heavy (non-hydrogen) atoms. The van der Waals surface area contributed by atoms with Gasteiger partial charge < -0.3 is 10.2 Å². The van der Waals surface area contributed by atoms with Crippen LogP contribution in [0.4, 0.5) is 8.78 Å². The number of nitrogens with one attached hydrogen (secondary N) is 1. The molecule has 2 unspecified atom stereocenters. The number of amides is 1. The third-order valence-electron chi connectivity index (χ3n) is 4.12. The molecule has 1 aliphatic heterocycles. The summed E-state index contributed by atoms with van der Waals surface area (Å²) in [5, 5.41) is 2.91. The first-order valence-electron chi connectivity index (χ1n) is 7.37. The molecule has 110 valence electrons. The maximum atomic E-state index is 12.3. The van der Waals surface area contributed by atoms with E-state index in [4.69, 9.17) is 0 Å². The molecular weight excluding hydrogens is 250 g/mol. The Morgan fingerprint density at radius 2 is 2.05 bits per heavy atom. The lowest BCUT2D eigenvalue weighted by Gasteiger charge is -2.38. The van der Waals surface area contributed by atoms with E-state index in [2.05, 4.69) is 5.32 Å². The van der Waals surface area contributed by atoms with Gasteiger partial charge in [0.2, 0.25) is 5.91 Å². The van der Waals surface area contributed by atoms with E-state index in [-0.39, 0.29) is 18.5 Å². The minimum Gasteiger partial charge on any atom is -0.341 e. The summed E-state index contributed by atoms with van der Waals surface area (Å²) in [5.74, 6) is 1.44. The van der Waals surface area contributed by atoms with Gasteiger partial charge in [0.25, 0.3) is 6.43 Å². The minimum atomic E-state index is -2.32. The Hall–Kier alpha value is -0.710. The van der Waals surface area contributed by atoms with E-state index in [0.717, 1.165) is 25.3 Å². The molecule has 5 heteroatoms. The number of nitrogens with zero attached hydrogens (tertiary/aromatic N) is 1. The number of piperidine rings is 1. The Morgan fingerprint density at radius 1 is 1.32 bits per heavy atom. The normalized spacial score (nSPS) is 27.9. The SMILES string of the molecule is CCC(=O)N1CC(CC2CC2)CC(NCC(F)F)C1. The molecule has 1 saturated heterocycles. The van der Waals surface area contributed by atoms with Gasteiger partial charge in [0.15, 0.2) is 0 Å². The summed E-state index contributed by atoms with van der Waals surface area (Å²) in [6.45, 7) is 2.99. The van der Waals surface area contributed by atoms with Gasteiger partial charge in [0.1, 0.15) is 0 Å². The summed E-state index contributed by atoms with van der Waals surface area (Å²) in [5.41, 5.74) is 0. The van der Waals surface area contributed by atoms with Gasteiger partial charge in [-0.1, -0.05) is 19.8 Å². The first-order chi connectivity index (χ1) is 9.08. The molecule has 0 radical (unpaired) electrons. The molecule has 2 fully saturated rings. The summed E-state index contributed by atoms with van der Waals surface area (Å²) in [6.07, 6.45) is 2.86. The van der Waals surface area contributed by atoms with Crippen LogP contribution in [-0.2, 0) is 4.79 Å². The van der Waals surface area contributed by atoms with E-state index in [0.29, 0.717) is 18.9 Å². The molecule has 0 aromatic rings. The summed E-state index contributed by atoms with van der Waals surface area (Å²) in [7, 11) is 0. The highest BCUT2D eigenvalue weighted by atomic mass is 19.3. The largest absolute Gasteiger partial charge is 0.341 e. The second kappa shape index (κ2) is 6.64. The molecule has 1 saturated carbocycles. The highest BCUT2D eigenvalue weighted by Gasteiger charge is 2.33. The van der Waals surface area contributed by atoms with Crippen molar-refractivity contribution in [2.24, 2.45) is 11.8 Å². The highest BCUT2D eigenvalue weighted by molar-refractivity contribution is 5.76. The zero-order valence-corrected chi connectivity index (χ0v) is 11.6. The predicted octanol–water partition coefficient (Wildman–Crippen LogP) is 2.27. The molecule has 0 bridgehead atoms. The molecule has 0 aromatic carbocycles. The van der Waals surface area contributed by atoms with Crippen molar-refractivity contribution in [2.75, 3.05) is 19.6 Å². The lowest BCUT2D eigenvalue weighted by molar-refractivity contribution is -0.133. The minimum absolute atomic E-state index is 0.0296. The van der Waals surface area contributed by atoms with Gasteiger partial charge in [-0.25, -0.2) is 8.78 Å². The first kappa shape index (κ1) is 14.7. The molecule has 3 nitrogen and oxygen atoms in total. The zero-order valence-electron chi connectivity index (χ0n) is 11.6. The van der Waals surface area contributed by atoms with Gasteiger partial charge in [-0.15, -0.1) is 0 Å². The molecule has 2 aliphatic rings. The van der Waals surface area contributed by atoms with Crippen LogP contribution in [0, 0.1) is 11.8 Å². The summed E-state index contributed by atoms with van der Waals surface area (Å²) in [4.78, 5) is 13.7. The predicted molar refractivity (Wildman–Crippen MR) is 70.1 cm³/mol. The van der Waals surface area contributed by atoms with Crippen LogP contribution in [0.3, 0.4) is 0 Å². The van der Waals surface area contributed by atoms with Crippen LogP contribution in [0.25, 0.3) is 0 Å². The number of rotatable bonds is 6. The van der Waals surface area contributed by atoms with Gasteiger partial charge in [-0.05, 0) is 24.7 Å². The van der Waals surface area contributed by atoms with Crippen molar-refractivity contribution in [3.8, 4) is 0 Å². The van der Waals surface area contributed by atoms with E-state index >= 15 is 0 Å². The molecule has 2 atom stereocenters. The van der Waals surface area contributed by atoms with Crippen molar-refractivity contribution >= 4 is 5.91 Å². The average Bonchev–Trinajstić information content (AvgIpc) is 3.19. The van der Waals surface area contributed by atoms with Crippen molar-refractivity contribution in [1.29, 1.82) is 0 Å². The van der Waals surface area contributed by atoms with Crippen molar-refractivity contribution in [3.63, 3.8) is 0 Å². The first-order valence-corrected chi connectivity index (χ1v) is 7.37. The van der Waals surface area contributed by atoms with E-state index in [1.54, 1.807) is 0 Å². The second-order valence-electron chi connectivity index (χ2n) is 5.93.